The number of nitrogens with one attached hydrogen (secondary N) is 4. The second-order valence-electron chi connectivity index (χ2n) is 12.3. The molecular weight excluding hydrogens is 600 g/mol. The molecule has 240 valence electrons. The van der Waals surface area contributed by atoms with Gasteiger partial charge in [-0.15, -0.1) is 0 Å². The number of nitrogens with zero attached hydrogens (tertiary/aromatic N) is 5. The molecule has 4 heterocycles. The zero-order valence-corrected chi connectivity index (χ0v) is 26.2. The Morgan fingerprint density at radius 1 is 0.957 bits per heavy atom. The van der Waals surface area contributed by atoms with Crippen molar-refractivity contribution in [3.05, 3.63) is 72.7 Å². The van der Waals surface area contributed by atoms with Gasteiger partial charge in [-0.05, 0) is 63.3 Å². The summed E-state index contributed by atoms with van der Waals surface area (Å²) in [5.74, 6) is -0.427. The monoisotopic (exact) mass is 635 g/mol. The Kier molecular flexibility index (Phi) is 8.33. The molecule has 0 atom stereocenters. The lowest BCUT2D eigenvalue weighted by Gasteiger charge is -2.20. The first kappa shape index (κ1) is 30.4. The topological polar surface area (TPSA) is 128 Å². The maximum Gasteiger partial charge on any atom is 0.227 e. The van der Waals surface area contributed by atoms with Crippen LogP contribution in [0.2, 0.25) is 0 Å². The van der Waals surface area contributed by atoms with Crippen LogP contribution in [0, 0.1) is 17.6 Å². The molecule has 0 bridgehead atoms. The zero-order chi connectivity index (χ0) is 32.5. The molecule has 4 aromatic heterocycles. The average Bonchev–Trinajstić information content (AvgIpc) is 3.68. The molecule has 1 aliphatic carbocycles. The standard InChI is InChI=1S/C35H35F2N9O/c1-46(2)11-10-39-24-13-21(12-23(36)15-24)31-33-29(8-9-40-31)42-34(43-33)32-27-16-26(28(37)17-30(27)44-45-32)22-14-25(19-38-18-22)41-35(47)20-6-4-3-5-7-20/h8-9,12-20,39H,3-7,10-11H2,1-2H3,(H,41,47)(H,42,43)(H,44,45). The molecular formula is C35H35F2N9O. The Bertz CT molecular complexity index is 2080. The van der Waals surface area contributed by atoms with Gasteiger partial charge in [-0.1, -0.05) is 19.3 Å². The Morgan fingerprint density at radius 3 is 2.62 bits per heavy atom. The molecule has 47 heavy (non-hydrogen) atoms. The minimum absolute atomic E-state index is 0.0128. The number of halogens is 2. The number of aromatic nitrogens is 6. The van der Waals surface area contributed by atoms with E-state index in [0.29, 0.717) is 73.8 Å². The lowest BCUT2D eigenvalue weighted by atomic mass is 9.88. The van der Waals surface area contributed by atoms with Gasteiger partial charge in [0.05, 0.1) is 28.6 Å². The van der Waals surface area contributed by atoms with E-state index in [1.807, 2.05) is 25.1 Å². The lowest BCUT2D eigenvalue weighted by molar-refractivity contribution is -0.120. The van der Waals surface area contributed by atoms with E-state index in [0.717, 1.165) is 38.6 Å². The van der Waals surface area contributed by atoms with Gasteiger partial charge in [0.25, 0.3) is 0 Å². The molecule has 12 heteroatoms. The molecule has 7 rings (SSSR count). The SMILES string of the molecule is CN(C)CCNc1cc(F)cc(-c2nccc3[nH]c(-c4n[nH]c5cc(F)c(-c6cncc(NC(=O)C7CCCCC7)c6)cc45)nc23)c1. The van der Waals surface area contributed by atoms with Crippen LogP contribution in [0.1, 0.15) is 32.1 Å². The summed E-state index contributed by atoms with van der Waals surface area (Å²) in [7, 11) is 3.96. The van der Waals surface area contributed by atoms with Crippen molar-refractivity contribution in [1.82, 2.24) is 35.0 Å². The van der Waals surface area contributed by atoms with Gasteiger partial charge in [-0.3, -0.25) is 19.9 Å². The van der Waals surface area contributed by atoms with Crippen LogP contribution in [0.25, 0.3) is 55.8 Å². The number of carbonyl (C=O) groups excluding carboxylic acids is 1. The third-order valence-corrected chi connectivity index (χ3v) is 8.63. The molecule has 0 unspecified atom stereocenters. The third-order valence-electron chi connectivity index (χ3n) is 8.63. The van der Waals surface area contributed by atoms with E-state index < -0.39 is 5.82 Å². The summed E-state index contributed by atoms with van der Waals surface area (Å²) in [6, 6.07) is 11.4. The first-order valence-corrected chi connectivity index (χ1v) is 15.8. The predicted octanol–water partition coefficient (Wildman–Crippen LogP) is 7.00. The molecule has 1 fully saturated rings. The molecule has 10 nitrogen and oxygen atoms in total. The zero-order valence-electron chi connectivity index (χ0n) is 26.2. The van der Waals surface area contributed by atoms with Crippen LogP contribution in [-0.4, -0.2) is 68.1 Å². The minimum Gasteiger partial charge on any atom is -0.384 e. The first-order valence-electron chi connectivity index (χ1n) is 15.8. The summed E-state index contributed by atoms with van der Waals surface area (Å²) in [4.78, 5) is 31.9. The fraction of sp³-hybridized carbons (Fsp3) is 0.286. The van der Waals surface area contributed by atoms with Gasteiger partial charge >= 0.3 is 0 Å². The summed E-state index contributed by atoms with van der Waals surface area (Å²) in [6.07, 6.45) is 9.82. The van der Waals surface area contributed by atoms with Gasteiger partial charge < -0.3 is 20.5 Å². The minimum atomic E-state index is -0.456. The highest BCUT2D eigenvalue weighted by Gasteiger charge is 2.22. The number of anilines is 2. The average molecular weight is 636 g/mol. The highest BCUT2D eigenvalue weighted by atomic mass is 19.1. The number of fused-ring (bicyclic) bond motifs is 2. The quantitative estimate of drug-likeness (QED) is 0.135. The number of hydrogen-bond donors (Lipinski definition) is 4. The molecule has 0 radical (unpaired) electrons. The third kappa shape index (κ3) is 6.41. The number of benzene rings is 2. The van der Waals surface area contributed by atoms with E-state index in [4.69, 9.17) is 4.98 Å². The maximum atomic E-state index is 15.5. The summed E-state index contributed by atoms with van der Waals surface area (Å²) >= 11 is 0. The number of imidazole rings is 1. The van der Waals surface area contributed by atoms with Crippen LogP contribution in [0.15, 0.2) is 61.1 Å². The predicted molar refractivity (Wildman–Crippen MR) is 180 cm³/mol. The summed E-state index contributed by atoms with van der Waals surface area (Å²) < 4.78 is 30.2. The number of H-pyrrole nitrogens is 2. The second-order valence-corrected chi connectivity index (χ2v) is 12.3. The number of rotatable bonds is 9. The largest absolute Gasteiger partial charge is 0.384 e. The van der Waals surface area contributed by atoms with Crippen molar-refractivity contribution in [3.8, 4) is 33.9 Å². The van der Waals surface area contributed by atoms with Gasteiger partial charge in [-0.2, -0.15) is 5.10 Å². The fourth-order valence-electron chi connectivity index (χ4n) is 6.22. The molecule has 4 N–H and O–H groups in total. The lowest BCUT2D eigenvalue weighted by Crippen LogP contribution is -2.24. The highest BCUT2D eigenvalue weighted by Crippen LogP contribution is 2.35. The second kappa shape index (κ2) is 12.9. The van der Waals surface area contributed by atoms with E-state index in [-0.39, 0.29) is 17.6 Å². The van der Waals surface area contributed by atoms with E-state index in [2.05, 4.69) is 35.8 Å². The van der Waals surface area contributed by atoms with Crippen molar-refractivity contribution in [2.45, 2.75) is 32.1 Å². The molecule has 6 aromatic rings. The molecule has 1 saturated carbocycles. The van der Waals surface area contributed by atoms with Gasteiger partial charge in [-0.25, -0.2) is 13.8 Å². The van der Waals surface area contributed by atoms with Crippen LogP contribution in [-0.2, 0) is 4.79 Å². The number of aromatic amines is 2. The smallest absolute Gasteiger partial charge is 0.227 e. The first-order chi connectivity index (χ1) is 22.8. The molecule has 0 saturated heterocycles. The number of amides is 1. The van der Waals surface area contributed by atoms with Gasteiger partial charge in [0.15, 0.2) is 5.82 Å². The van der Waals surface area contributed by atoms with Crippen molar-refractivity contribution >= 4 is 39.2 Å². The van der Waals surface area contributed by atoms with E-state index >= 15 is 4.39 Å². The van der Waals surface area contributed by atoms with Gasteiger partial charge in [0, 0.05) is 65.2 Å². The molecule has 0 aliphatic heterocycles. The normalized spacial score (nSPS) is 13.9. The number of hydrogen-bond acceptors (Lipinski definition) is 7. The highest BCUT2D eigenvalue weighted by molar-refractivity contribution is 5.98. The van der Waals surface area contributed by atoms with Crippen molar-refractivity contribution in [2.75, 3.05) is 37.8 Å². The van der Waals surface area contributed by atoms with Gasteiger partial charge in [0.2, 0.25) is 5.91 Å². The van der Waals surface area contributed by atoms with Crippen molar-refractivity contribution in [3.63, 3.8) is 0 Å². The molecule has 2 aromatic carbocycles. The Balaban J connectivity index is 1.21. The molecule has 1 amide bonds. The Hall–Kier alpha value is -5.23. The van der Waals surface area contributed by atoms with Crippen molar-refractivity contribution in [1.29, 1.82) is 0 Å². The summed E-state index contributed by atoms with van der Waals surface area (Å²) in [5.41, 5.74) is 5.34. The van der Waals surface area contributed by atoms with E-state index in [9.17, 15) is 9.18 Å². The summed E-state index contributed by atoms with van der Waals surface area (Å²) in [6.45, 7) is 1.45. The molecule has 1 aliphatic rings. The number of pyridine rings is 2. The van der Waals surface area contributed by atoms with Crippen LogP contribution in [0.3, 0.4) is 0 Å². The van der Waals surface area contributed by atoms with Crippen LogP contribution in [0.4, 0.5) is 20.2 Å². The summed E-state index contributed by atoms with van der Waals surface area (Å²) in [5, 5.41) is 14.3. The number of likely N-dealkylation sites (N-methyl/N-ethyl adjacent to an activating group) is 1. The van der Waals surface area contributed by atoms with Crippen LogP contribution in [0.5, 0.6) is 0 Å². The fourth-order valence-corrected chi connectivity index (χ4v) is 6.22. The Morgan fingerprint density at radius 2 is 1.79 bits per heavy atom. The van der Waals surface area contributed by atoms with Crippen molar-refractivity contribution < 1.29 is 13.6 Å². The van der Waals surface area contributed by atoms with Crippen LogP contribution >= 0.6 is 0 Å². The van der Waals surface area contributed by atoms with E-state index in [1.165, 1.54) is 18.2 Å². The maximum absolute atomic E-state index is 15.5. The number of carbonyl (C=O) groups is 1. The molecule has 0 spiro atoms. The van der Waals surface area contributed by atoms with Crippen LogP contribution < -0.4 is 10.6 Å². The Labute approximate surface area is 270 Å². The van der Waals surface area contributed by atoms with Crippen molar-refractivity contribution in [2.24, 2.45) is 5.92 Å². The van der Waals surface area contributed by atoms with Gasteiger partial charge in [0.1, 0.15) is 22.8 Å². The van der Waals surface area contributed by atoms with E-state index in [1.54, 1.807) is 36.8 Å².